The van der Waals surface area contributed by atoms with Crippen LogP contribution in [-0.4, -0.2) is 66.0 Å². The molecule has 0 unspecified atom stereocenters. The van der Waals surface area contributed by atoms with Crippen molar-refractivity contribution in [2.24, 2.45) is 11.1 Å². The van der Waals surface area contributed by atoms with Gasteiger partial charge in [0.05, 0.1) is 12.0 Å². The molecule has 1 aromatic rings. The molecule has 0 bridgehead atoms. The maximum Gasteiger partial charge on any atom is 0.239 e. The third-order valence-corrected chi connectivity index (χ3v) is 5.12. The number of hydrogen-bond donors (Lipinski definition) is 2. The molecular weight excluding hydrogens is 393 g/mol. The Morgan fingerprint density at radius 2 is 1.81 bits per heavy atom. The zero-order valence-corrected chi connectivity index (χ0v) is 17.8. The minimum absolute atomic E-state index is 0. The van der Waals surface area contributed by atoms with E-state index in [1.165, 1.54) is 0 Å². The van der Waals surface area contributed by atoms with Crippen molar-refractivity contribution >= 4 is 42.4 Å². The lowest BCUT2D eigenvalue weighted by atomic mass is 9.81. The summed E-state index contributed by atoms with van der Waals surface area (Å²) >= 11 is 0. The molecule has 0 aliphatic carbocycles. The highest BCUT2D eigenvalue weighted by molar-refractivity contribution is 5.91. The molecule has 2 heterocycles. The van der Waals surface area contributed by atoms with Crippen LogP contribution in [0.5, 0.6) is 0 Å². The minimum atomic E-state index is -0.454. The summed E-state index contributed by atoms with van der Waals surface area (Å²) in [5.41, 5.74) is 5.43. The summed E-state index contributed by atoms with van der Waals surface area (Å²) in [5.74, 6) is 1.08. The number of aryl methyl sites for hydroxylation is 1. The van der Waals surface area contributed by atoms with Crippen LogP contribution in [0.3, 0.4) is 0 Å². The summed E-state index contributed by atoms with van der Waals surface area (Å²) in [7, 11) is 0. The highest BCUT2D eigenvalue weighted by Crippen LogP contribution is 2.28. The largest absolute Gasteiger partial charge is 0.360 e. The average molecular weight is 424 g/mol. The summed E-state index contributed by atoms with van der Waals surface area (Å²) in [6, 6.07) is 1.68. The predicted molar refractivity (Wildman–Crippen MR) is 109 cm³/mol. The Labute approximate surface area is 173 Å². The highest BCUT2D eigenvalue weighted by Gasteiger charge is 2.37. The number of aromatic nitrogens is 1. The van der Waals surface area contributed by atoms with Crippen LogP contribution in [-0.2, 0) is 9.59 Å². The van der Waals surface area contributed by atoms with Crippen LogP contribution in [0.4, 0.5) is 5.82 Å². The molecular formula is C17H31Cl2N5O3. The van der Waals surface area contributed by atoms with Gasteiger partial charge in [-0.1, -0.05) is 19.0 Å². The fourth-order valence-corrected chi connectivity index (χ4v) is 3.18. The Morgan fingerprint density at radius 1 is 1.22 bits per heavy atom. The van der Waals surface area contributed by atoms with E-state index in [-0.39, 0.29) is 43.2 Å². The number of carbonyl (C=O) groups is 2. The van der Waals surface area contributed by atoms with E-state index in [4.69, 9.17) is 10.3 Å². The van der Waals surface area contributed by atoms with Gasteiger partial charge in [0.25, 0.3) is 0 Å². The summed E-state index contributed by atoms with van der Waals surface area (Å²) in [6.45, 7) is 9.04. The standard InChI is InChI=1S/C17H29N5O3.2ClH/c1-4-17(5-2,12-18)16(24)22-8-6-21(7-9-22)11-15(23)19-14-10-13(3)25-20-14;;/h10H,4-9,11-12,18H2,1-3H3,(H,19,20,23);2*1H. The van der Waals surface area contributed by atoms with Crippen LogP contribution < -0.4 is 11.1 Å². The molecule has 0 atom stereocenters. The number of nitrogens with zero attached hydrogens (tertiary/aromatic N) is 3. The molecule has 2 rings (SSSR count). The second-order valence-corrected chi connectivity index (χ2v) is 6.63. The number of carbonyl (C=O) groups excluding carboxylic acids is 2. The summed E-state index contributed by atoms with van der Waals surface area (Å²) in [5, 5.41) is 6.46. The van der Waals surface area contributed by atoms with Gasteiger partial charge >= 0.3 is 0 Å². The molecule has 27 heavy (non-hydrogen) atoms. The third kappa shape index (κ3) is 6.34. The first-order valence-corrected chi connectivity index (χ1v) is 8.89. The molecule has 1 aliphatic rings. The first-order chi connectivity index (χ1) is 11.9. The summed E-state index contributed by atoms with van der Waals surface area (Å²) in [4.78, 5) is 28.8. The molecule has 1 aliphatic heterocycles. The van der Waals surface area contributed by atoms with Crippen LogP contribution in [0.1, 0.15) is 32.4 Å². The van der Waals surface area contributed by atoms with Gasteiger partial charge in [-0.3, -0.25) is 14.5 Å². The molecule has 1 aromatic heterocycles. The van der Waals surface area contributed by atoms with E-state index in [0.29, 0.717) is 44.3 Å². The zero-order chi connectivity index (χ0) is 18.4. The van der Waals surface area contributed by atoms with Crippen LogP contribution in [0, 0.1) is 12.3 Å². The van der Waals surface area contributed by atoms with Crippen molar-refractivity contribution in [3.63, 3.8) is 0 Å². The number of nitrogens with one attached hydrogen (secondary N) is 1. The van der Waals surface area contributed by atoms with Gasteiger partial charge in [0.1, 0.15) is 5.76 Å². The van der Waals surface area contributed by atoms with Gasteiger partial charge in [0.15, 0.2) is 5.82 Å². The molecule has 3 N–H and O–H groups in total. The van der Waals surface area contributed by atoms with E-state index in [9.17, 15) is 9.59 Å². The second kappa shape index (κ2) is 11.5. The zero-order valence-electron chi connectivity index (χ0n) is 16.2. The third-order valence-electron chi connectivity index (χ3n) is 5.12. The van der Waals surface area contributed by atoms with Gasteiger partial charge in [-0.2, -0.15) is 0 Å². The second-order valence-electron chi connectivity index (χ2n) is 6.63. The molecule has 0 aromatic carbocycles. The summed E-state index contributed by atoms with van der Waals surface area (Å²) in [6.07, 6.45) is 1.50. The first kappa shape index (κ1) is 25.6. The maximum atomic E-state index is 12.8. The van der Waals surface area contributed by atoms with Crippen molar-refractivity contribution in [3.8, 4) is 0 Å². The number of rotatable bonds is 7. The Kier molecular flexibility index (Phi) is 10.9. The number of piperazine rings is 1. The van der Waals surface area contributed by atoms with Crippen LogP contribution in [0.25, 0.3) is 0 Å². The monoisotopic (exact) mass is 423 g/mol. The number of anilines is 1. The molecule has 8 nitrogen and oxygen atoms in total. The molecule has 0 radical (unpaired) electrons. The average Bonchev–Trinajstić information content (AvgIpc) is 3.02. The first-order valence-electron chi connectivity index (χ1n) is 8.89. The van der Waals surface area contributed by atoms with Crippen molar-refractivity contribution in [1.29, 1.82) is 0 Å². The molecule has 1 saturated heterocycles. The SMILES string of the molecule is CCC(CC)(CN)C(=O)N1CCN(CC(=O)Nc2cc(C)on2)CC1.Cl.Cl. The van der Waals surface area contributed by atoms with E-state index < -0.39 is 5.41 Å². The van der Waals surface area contributed by atoms with Gasteiger partial charge in [0.2, 0.25) is 11.8 Å². The molecule has 1 fully saturated rings. The van der Waals surface area contributed by atoms with Crippen molar-refractivity contribution in [2.45, 2.75) is 33.6 Å². The van der Waals surface area contributed by atoms with Gasteiger partial charge in [0, 0.05) is 38.8 Å². The maximum absolute atomic E-state index is 12.8. The molecule has 10 heteroatoms. The van der Waals surface area contributed by atoms with Crippen LogP contribution in [0.2, 0.25) is 0 Å². The van der Waals surface area contributed by atoms with Crippen LogP contribution >= 0.6 is 24.8 Å². The fraction of sp³-hybridized carbons (Fsp3) is 0.706. The smallest absolute Gasteiger partial charge is 0.239 e. The van der Waals surface area contributed by atoms with Crippen molar-refractivity contribution in [2.75, 3.05) is 44.6 Å². The number of nitrogens with two attached hydrogens (primary N) is 1. The molecule has 2 amide bonds. The Hall–Kier alpha value is -1.35. The van der Waals surface area contributed by atoms with Crippen molar-refractivity contribution in [1.82, 2.24) is 15.0 Å². The number of amides is 2. The lowest BCUT2D eigenvalue weighted by Gasteiger charge is -2.40. The lowest BCUT2D eigenvalue weighted by Crippen LogP contribution is -2.55. The van der Waals surface area contributed by atoms with E-state index in [0.717, 1.165) is 12.8 Å². The minimum Gasteiger partial charge on any atom is -0.360 e. The predicted octanol–water partition coefficient (Wildman–Crippen LogP) is 1.67. The van der Waals surface area contributed by atoms with Crippen LogP contribution in [0.15, 0.2) is 10.6 Å². The summed E-state index contributed by atoms with van der Waals surface area (Å²) < 4.78 is 4.93. The van der Waals surface area contributed by atoms with Gasteiger partial charge in [-0.15, -0.1) is 24.8 Å². The van der Waals surface area contributed by atoms with E-state index >= 15 is 0 Å². The van der Waals surface area contributed by atoms with E-state index in [2.05, 4.69) is 10.5 Å². The Balaban J connectivity index is 0.00000338. The van der Waals surface area contributed by atoms with E-state index in [1.807, 2.05) is 23.6 Å². The van der Waals surface area contributed by atoms with Crippen molar-refractivity contribution in [3.05, 3.63) is 11.8 Å². The topological polar surface area (TPSA) is 105 Å². The molecule has 156 valence electrons. The van der Waals surface area contributed by atoms with Gasteiger partial charge in [-0.25, -0.2) is 0 Å². The van der Waals surface area contributed by atoms with E-state index in [1.54, 1.807) is 13.0 Å². The van der Waals surface area contributed by atoms with Gasteiger partial charge < -0.3 is 20.5 Å². The highest BCUT2D eigenvalue weighted by atomic mass is 35.5. The van der Waals surface area contributed by atoms with Gasteiger partial charge in [-0.05, 0) is 19.8 Å². The Bertz CT molecular complexity index is 591. The quantitative estimate of drug-likeness (QED) is 0.690. The van der Waals surface area contributed by atoms with Crippen molar-refractivity contribution < 1.29 is 14.1 Å². The Morgan fingerprint density at radius 3 is 2.26 bits per heavy atom. The number of hydrogen-bond acceptors (Lipinski definition) is 6. The molecule has 0 saturated carbocycles. The normalized spacial score (nSPS) is 14.9. The fourth-order valence-electron chi connectivity index (χ4n) is 3.18. The number of halogens is 2. The lowest BCUT2D eigenvalue weighted by molar-refractivity contribution is -0.144. The molecule has 0 spiro atoms.